The quantitative estimate of drug-likeness (QED) is 0.0698. The summed E-state index contributed by atoms with van der Waals surface area (Å²) in [5.74, 6) is -13.7. The van der Waals surface area contributed by atoms with Crippen molar-refractivity contribution in [3.8, 4) is 0 Å². The maximum Gasteiger partial charge on any atom is 0.244 e. The van der Waals surface area contributed by atoms with Crippen molar-refractivity contribution in [2.45, 2.75) is 134 Å². The highest BCUT2D eigenvalue weighted by Gasteiger charge is 2.38. The lowest BCUT2D eigenvalue weighted by molar-refractivity contribution is 0.390. The Balaban J connectivity index is 0.000000279. The van der Waals surface area contributed by atoms with E-state index in [-0.39, 0.29) is 24.9 Å². The van der Waals surface area contributed by atoms with Crippen LogP contribution in [0.15, 0.2) is 80.2 Å². The van der Waals surface area contributed by atoms with Crippen molar-refractivity contribution >= 4 is 51.1 Å². The molecule has 0 radical (unpaired) electrons. The van der Waals surface area contributed by atoms with E-state index in [2.05, 4.69) is 15.8 Å². The molecule has 0 amide bonds. The topological polar surface area (TPSA) is 213 Å². The Bertz CT molecular complexity index is 2690. The highest BCUT2D eigenvalue weighted by molar-refractivity contribution is 7.92. The Morgan fingerprint density at radius 1 is 0.409 bits per heavy atom. The monoisotopic (exact) mass is 1010 g/mol. The van der Waals surface area contributed by atoms with Gasteiger partial charge in [0.15, 0.2) is 64.4 Å². The summed E-state index contributed by atoms with van der Waals surface area (Å²) < 4.78 is 187. The summed E-state index contributed by atoms with van der Waals surface area (Å²) in [6.45, 7) is 0. The highest BCUT2D eigenvalue weighted by atomic mass is 32.2. The van der Waals surface area contributed by atoms with Crippen LogP contribution in [0.2, 0.25) is 0 Å². The average molecular weight is 1010 g/mol. The van der Waals surface area contributed by atoms with Gasteiger partial charge in [0, 0.05) is 12.1 Å². The molecule has 2 aliphatic rings. The first-order valence-electron chi connectivity index (χ1n) is 21.6. The first-order valence-corrected chi connectivity index (χ1v) is 28.0. The molecule has 66 heavy (non-hydrogen) atoms. The maximum absolute atomic E-state index is 16.1. The fourth-order valence-electron chi connectivity index (χ4n) is 8.19. The van der Waals surface area contributed by atoms with E-state index in [0.29, 0.717) is 31.2 Å². The molecule has 0 heterocycles. The van der Waals surface area contributed by atoms with Crippen LogP contribution in [-0.4, -0.2) is 57.3 Å². The summed E-state index contributed by atoms with van der Waals surface area (Å²) in [6, 6.07) is 16.4. The number of anilines is 2. The van der Waals surface area contributed by atoms with Gasteiger partial charge in [-0.1, -0.05) is 125 Å². The number of nitrogens with one attached hydrogen (secondary N) is 2. The zero-order valence-corrected chi connectivity index (χ0v) is 39.2. The molecule has 12 nitrogen and oxygen atoms in total. The summed E-state index contributed by atoms with van der Waals surface area (Å²) in [4.78, 5) is -5.78. The molecule has 0 spiro atoms. The number of primary sulfonamides is 2. The fraction of sp³-hybridized carbons (Fsp3) is 0.455. The van der Waals surface area contributed by atoms with Crippen molar-refractivity contribution in [2.24, 2.45) is 10.3 Å². The second kappa shape index (κ2) is 22.7. The number of hydrogen-bond acceptors (Lipinski definition) is 10. The molecule has 22 heteroatoms. The van der Waals surface area contributed by atoms with E-state index in [1.807, 2.05) is 6.07 Å². The highest BCUT2D eigenvalue weighted by Crippen LogP contribution is 2.42. The molecule has 0 aromatic heterocycles. The molecule has 0 unspecified atom stereocenters. The van der Waals surface area contributed by atoms with Gasteiger partial charge in [-0.2, -0.15) is 0 Å². The van der Waals surface area contributed by atoms with Crippen LogP contribution in [0.1, 0.15) is 101 Å². The second-order valence-electron chi connectivity index (χ2n) is 16.5. The van der Waals surface area contributed by atoms with E-state index < -0.39 is 117 Å². The molecule has 2 saturated carbocycles. The van der Waals surface area contributed by atoms with Gasteiger partial charge in [0.2, 0.25) is 20.0 Å². The molecule has 2 aliphatic carbocycles. The molecule has 4 aromatic carbocycles. The van der Waals surface area contributed by atoms with Crippen LogP contribution >= 0.6 is 0 Å². The van der Waals surface area contributed by atoms with Crippen LogP contribution in [0.25, 0.3) is 0 Å². The van der Waals surface area contributed by atoms with Gasteiger partial charge in [0.05, 0.1) is 22.9 Å². The third kappa shape index (κ3) is 13.5. The van der Waals surface area contributed by atoms with Crippen molar-refractivity contribution in [1.82, 2.24) is 0 Å². The first kappa shape index (κ1) is 52.7. The third-order valence-corrected chi connectivity index (χ3v) is 16.9. The molecule has 0 bridgehead atoms. The van der Waals surface area contributed by atoms with E-state index >= 15 is 8.78 Å². The lowest BCUT2D eigenvalue weighted by Gasteiger charge is -2.28. The van der Waals surface area contributed by atoms with Crippen molar-refractivity contribution in [2.75, 3.05) is 22.1 Å². The minimum Gasteiger partial charge on any atom is -0.379 e. The number of aryl methyl sites for hydroxylation is 2. The number of sulfonamides is 2. The molecular weight excluding hydrogens is 955 g/mol. The summed E-state index contributed by atoms with van der Waals surface area (Å²) in [5, 5.41) is 15.9. The van der Waals surface area contributed by atoms with E-state index in [1.54, 1.807) is 54.6 Å². The van der Waals surface area contributed by atoms with Gasteiger partial charge in [0.1, 0.15) is 9.79 Å². The van der Waals surface area contributed by atoms with Gasteiger partial charge in [0.25, 0.3) is 0 Å². The predicted molar refractivity (Wildman–Crippen MR) is 239 cm³/mol. The number of benzene rings is 4. The Hall–Kier alpha value is -4.22. The van der Waals surface area contributed by atoms with Gasteiger partial charge in [-0.25, -0.2) is 70.3 Å². The van der Waals surface area contributed by atoms with E-state index in [0.717, 1.165) is 69.8 Å². The second-order valence-corrected chi connectivity index (χ2v) is 23.6. The molecule has 364 valence electrons. The smallest absolute Gasteiger partial charge is 0.244 e. The maximum atomic E-state index is 16.1. The lowest BCUT2D eigenvalue weighted by atomic mass is 9.96. The minimum absolute atomic E-state index is 0.134. The standard InChI is InChI=1S/C30H43F2N3O4S2.C14H11F4NO4S2/c31-25-27(34-23-16-10-3-1-4-11-17-23)30(40(36,37)21-20-22-14-8-7-9-15-22)28(26(32)29(25)41(33,38)39)35-24-18-12-5-2-6-13-19-24;15-9-11(17)14(25(19,22)23)12(18)10(16)13(9)24(20,21)7-6-8-4-2-1-3-5-8/h7-9,14-15,23-24,34-35H,1-6,10-13,16-21H2,(H2,33,38,39);1-5H,6-7H2,(H2,19,22,23). The van der Waals surface area contributed by atoms with Gasteiger partial charge < -0.3 is 10.6 Å². The molecule has 0 saturated heterocycles. The molecular formula is C44H54F6N4O8S4. The van der Waals surface area contributed by atoms with Crippen molar-refractivity contribution in [3.05, 3.63) is 107 Å². The SMILES string of the molecule is NS(=O)(=O)c1c(F)c(F)c(S(=O)(=O)CCc2ccccc2)c(F)c1F.NS(=O)(=O)c1c(F)c(NC2CCCCCCC2)c(S(=O)(=O)CCc2ccccc2)c(NC2CCCCCCC2)c1F. The van der Waals surface area contributed by atoms with Gasteiger partial charge in [-0.05, 0) is 49.7 Å². The van der Waals surface area contributed by atoms with E-state index in [1.165, 1.54) is 0 Å². The molecule has 4 aromatic rings. The van der Waals surface area contributed by atoms with Gasteiger partial charge in [-0.3, -0.25) is 0 Å². The number of sulfone groups is 2. The van der Waals surface area contributed by atoms with Crippen LogP contribution < -0.4 is 20.9 Å². The molecule has 6 N–H and O–H groups in total. The first-order chi connectivity index (χ1) is 31.0. The number of rotatable bonds is 14. The number of hydrogen-bond donors (Lipinski definition) is 4. The molecule has 0 aliphatic heterocycles. The zero-order chi connectivity index (χ0) is 48.5. The van der Waals surface area contributed by atoms with Crippen LogP contribution in [-0.2, 0) is 52.6 Å². The Kier molecular flexibility index (Phi) is 18.2. The molecule has 0 atom stereocenters. The summed E-state index contributed by atoms with van der Waals surface area (Å²) in [5.41, 5.74) is 0.279. The summed E-state index contributed by atoms with van der Waals surface area (Å²) in [7, 11) is -19.1. The van der Waals surface area contributed by atoms with Gasteiger partial charge >= 0.3 is 0 Å². The Morgan fingerprint density at radius 2 is 0.697 bits per heavy atom. The Labute approximate surface area is 382 Å². The van der Waals surface area contributed by atoms with Crippen molar-refractivity contribution < 1.29 is 60.0 Å². The van der Waals surface area contributed by atoms with E-state index in [4.69, 9.17) is 5.14 Å². The molecule has 6 rings (SSSR count). The zero-order valence-electron chi connectivity index (χ0n) is 36.0. The molecule has 2 fully saturated rings. The minimum atomic E-state index is -5.15. The predicted octanol–water partition coefficient (Wildman–Crippen LogP) is 8.59. The largest absolute Gasteiger partial charge is 0.379 e. The van der Waals surface area contributed by atoms with Crippen LogP contribution in [0.3, 0.4) is 0 Å². The summed E-state index contributed by atoms with van der Waals surface area (Å²) in [6.07, 6.45) is 12.3. The van der Waals surface area contributed by atoms with Crippen LogP contribution in [0, 0.1) is 34.9 Å². The van der Waals surface area contributed by atoms with Crippen LogP contribution in [0.5, 0.6) is 0 Å². The fourth-order valence-corrected chi connectivity index (χ4v) is 12.6. The van der Waals surface area contributed by atoms with Crippen molar-refractivity contribution in [1.29, 1.82) is 0 Å². The van der Waals surface area contributed by atoms with E-state index in [9.17, 15) is 51.2 Å². The third-order valence-electron chi connectivity index (χ3n) is 11.6. The lowest BCUT2D eigenvalue weighted by Crippen LogP contribution is -2.29. The van der Waals surface area contributed by atoms with Gasteiger partial charge in [-0.15, -0.1) is 0 Å². The number of halogens is 6. The number of nitrogens with two attached hydrogens (primary N) is 2. The normalized spacial score (nSPS) is 16.2. The summed E-state index contributed by atoms with van der Waals surface area (Å²) >= 11 is 0. The Morgan fingerprint density at radius 3 is 1.03 bits per heavy atom. The van der Waals surface area contributed by atoms with Crippen LogP contribution in [0.4, 0.5) is 37.7 Å². The average Bonchev–Trinajstić information content (AvgIpc) is 3.22. The van der Waals surface area contributed by atoms with Crippen molar-refractivity contribution in [3.63, 3.8) is 0 Å².